The van der Waals surface area contributed by atoms with Crippen LogP contribution >= 0.6 is 28.3 Å². The Hall–Kier alpha value is -1.50. The van der Waals surface area contributed by atoms with E-state index in [0.29, 0.717) is 12.3 Å². The van der Waals surface area contributed by atoms with E-state index in [1.54, 1.807) is 12.1 Å². The van der Waals surface area contributed by atoms with Gasteiger partial charge in [-0.2, -0.15) is 0 Å². The van der Waals surface area contributed by atoms with E-state index in [4.69, 9.17) is 14.9 Å². The van der Waals surface area contributed by atoms with Gasteiger partial charge >= 0.3 is 0 Å². The lowest BCUT2D eigenvalue weighted by Crippen LogP contribution is -2.28. The number of rotatable bonds is 7. The van der Waals surface area contributed by atoms with Gasteiger partial charge in [0.2, 0.25) is 0 Å². The fraction of sp³-hybridized carbons (Fsp3) is 0.312. The number of nitrogens with two attached hydrogens (primary N) is 1. The summed E-state index contributed by atoms with van der Waals surface area (Å²) in [6.45, 7) is 2.70. The molecule has 1 aromatic carbocycles. The first kappa shape index (κ1) is 19.5. The van der Waals surface area contributed by atoms with Crippen LogP contribution in [-0.2, 0) is 6.61 Å². The molecule has 0 saturated heterocycles. The summed E-state index contributed by atoms with van der Waals surface area (Å²) in [5.41, 5.74) is 5.63. The number of furan rings is 1. The molecule has 7 heteroatoms. The third-order valence-electron chi connectivity index (χ3n) is 2.97. The molecule has 0 saturated carbocycles. The van der Waals surface area contributed by atoms with Gasteiger partial charge in [-0.15, -0.1) is 12.4 Å². The molecule has 0 aliphatic carbocycles. The van der Waals surface area contributed by atoms with Crippen molar-refractivity contribution in [3.05, 3.63) is 52.4 Å². The molecule has 2 rings (SSSR count). The zero-order valence-electron chi connectivity index (χ0n) is 12.8. The minimum absolute atomic E-state index is 0. The number of amides is 1. The Morgan fingerprint density at radius 3 is 2.65 bits per heavy atom. The summed E-state index contributed by atoms with van der Waals surface area (Å²) in [6, 6.07) is 10.9. The molecule has 2 aromatic rings. The van der Waals surface area contributed by atoms with Crippen molar-refractivity contribution in [1.29, 1.82) is 0 Å². The van der Waals surface area contributed by atoms with Crippen LogP contribution in [0.2, 0.25) is 0 Å². The van der Waals surface area contributed by atoms with Crippen LogP contribution < -0.4 is 15.8 Å². The average Bonchev–Trinajstić information content (AvgIpc) is 2.95. The highest BCUT2D eigenvalue weighted by Crippen LogP contribution is 2.18. The lowest BCUT2D eigenvalue weighted by molar-refractivity contribution is 0.0921. The fourth-order valence-corrected chi connectivity index (χ4v) is 2.03. The van der Waals surface area contributed by atoms with Crippen molar-refractivity contribution in [1.82, 2.24) is 5.32 Å². The largest absolute Gasteiger partial charge is 0.486 e. The van der Waals surface area contributed by atoms with Gasteiger partial charge in [0.1, 0.15) is 18.1 Å². The van der Waals surface area contributed by atoms with E-state index >= 15 is 0 Å². The minimum Gasteiger partial charge on any atom is -0.486 e. The van der Waals surface area contributed by atoms with Crippen molar-refractivity contribution in [2.75, 3.05) is 6.54 Å². The summed E-state index contributed by atoms with van der Waals surface area (Å²) in [7, 11) is 0. The van der Waals surface area contributed by atoms with Crippen molar-refractivity contribution in [3.63, 3.8) is 0 Å². The van der Waals surface area contributed by atoms with Crippen molar-refractivity contribution < 1.29 is 13.9 Å². The molecule has 0 aliphatic heterocycles. The number of ether oxygens (including phenoxy) is 1. The highest BCUT2D eigenvalue weighted by molar-refractivity contribution is 9.10. The van der Waals surface area contributed by atoms with E-state index in [0.717, 1.165) is 16.6 Å². The van der Waals surface area contributed by atoms with E-state index in [1.807, 2.05) is 31.2 Å². The molecule has 23 heavy (non-hydrogen) atoms. The number of benzene rings is 1. The zero-order chi connectivity index (χ0) is 15.9. The first-order valence-electron chi connectivity index (χ1n) is 7.05. The Labute approximate surface area is 150 Å². The molecule has 0 aliphatic rings. The molecule has 1 heterocycles. The Kier molecular flexibility index (Phi) is 8.16. The van der Waals surface area contributed by atoms with E-state index in [1.165, 1.54) is 0 Å². The molecule has 1 amide bonds. The van der Waals surface area contributed by atoms with Gasteiger partial charge in [0.25, 0.3) is 5.91 Å². The van der Waals surface area contributed by atoms with Gasteiger partial charge in [-0.3, -0.25) is 4.79 Å². The molecule has 1 atom stereocenters. The lowest BCUT2D eigenvalue weighted by Gasteiger charge is -2.06. The van der Waals surface area contributed by atoms with Crippen LogP contribution in [0.4, 0.5) is 0 Å². The Morgan fingerprint density at radius 2 is 2.00 bits per heavy atom. The van der Waals surface area contributed by atoms with Crippen molar-refractivity contribution in [2.45, 2.75) is 26.0 Å². The summed E-state index contributed by atoms with van der Waals surface area (Å²) in [5, 5.41) is 2.76. The number of halogens is 2. The van der Waals surface area contributed by atoms with Gasteiger partial charge < -0.3 is 20.2 Å². The fourth-order valence-electron chi connectivity index (χ4n) is 1.76. The van der Waals surface area contributed by atoms with E-state index in [9.17, 15) is 4.79 Å². The standard InChI is InChI=1S/C16H19BrN2O3.ClH/c1-11(18)8-9-19-16(20)15-7-6-14(22-15)10-21-13-4-2-12(17)3-5-13;/h2-7,11H,8-10,18H2,1H3,(H,19,20);1H. The van der Waals surface area contributed by atoms with Crippen LogP contribution in [0.1, 0.15) is 29.7 Å². The van der Waals surface area contributed by atoms with Crippen LogP contribution in [0.25, 0.3) is 0 Å². The van der Waals surface area contributed by atoms with Gasteiger partial charge in [0.15, 0.2) is 5.76 Å². The second-order valence-corrected chi connectivity index (χ2v) is 5.95. The van der Waals surface area contributed by atoms with Crippen molar-refractivity contribution in [2.24, 2.45) is 5.73 Å². The molecule has 126 valence electrons. The first-order chi connectivity index (χ1) is 10.5. The van der Waals surface area contributed by atoms with Crippen LogP contribution in [0.15, 0.2) is 45.3 Å². The Balaban J connectivity index is 0.00000264. The van der Waals surface area contributed by atoms with Crippen molar-refractivity contribution >= 4 is 34.2 Å². The van der Waals surface area contributed by atoms with Crippen LogP contribution in [0.3, 0.4) is 0 Å². The highest BCUT2D eigenvalue weighted by Gasteiger charge is 2.11. The predicted molar refractivity (Wildman–Crippen MR) is 95.0 cm³/mol. The van der Waals surface area contributed by atoms with Gasteiger partial charge in [-0.05, 0) is 49.7 Å². The average molecular weight is 404 g/mol. The maximum atomic E-state index is 11.9. The zero-order valence-corrected chi connectivity index (χ0v) is 15.2. The number of carbonyl (C=O) groups excluding carboxylic acids is 1. The maximum absolute atomic E-state index is 11.9. The highest BCUT2D eigenvalue weighted by atomic mass is 79.9. The second kappa shape index (κ2) is 9.60. The topological polar surface area (TPSA) is 77.5 Å². The molecule has 0 bridgehead atoms. The smallest absolute Gasteiger partial charge is 0.286 e. The van der Waals surface area contributed by atoms with Crippen LogP contribution in [-0.4, -0.2) is 18.5 Å². The van der Waals surface area contributed by atoms with Gasteiger partial charge in [0, 0.05) is 17.1 Å². The summed E-state index contributed by atoms with van der Waals surface area (Å²) in [4.78, 5) is 11.9. The summed E-state index contributed by atoms with van der Waals surface area (Å²) in [6.07, 6.45) is 0.728. The maximum Gasteiger partial charge on any atom is 0.286 e. The van der Waals surface area contributed by atoms with E-state index < -0.39 is 0 Å². The normalized spacial score (nSPS) is 11.4. The molecule has 3 N–H and O–H groups in total. The molecule has 1 aromatic heterocycles. The number of hydrogen-bond acceptors (Lipinski definition) is 4. The van der Waals surface area contributed by atoms with Crippen molar-refractivity contribution in [3.8, 4) is 5.75 Å². The quantitative estimate of drug-likeness (QED) is 0.741. The van der Waals surface area contributed by atoms with Gasteiger partial charge in [-0.25, -0.2) is 0 Å². The summed E-state index contributed by atoms with van der Waals surface area (Å²) < 4.78 is 12.1. The third kappa shape index (κ3) is 6.64. The Morgan fingerprint density at radius 1 is 1.30 bits per heavy atom. The lowest BCUT2D eigenvalue weighted by atomic mass is 10.2. The number of hydrogen-bond donors (Lipinski definition) is 2. The molecular weight excluding hydrogens is 384 g/mol. The molecule has 5 nitrogen and oxygen atoms in total. The van der Waals surface area contributed by atoms with E-state index in [-0.39, 0.29) is 36.7 Å². The first-order valence-corrected chi connectivity index (χ1v) is 7.85. The monoisotopic (exact) mass is 402 g/mol. The predicted octanol–water partition coefficient (Wildman–Crippen LogP) is 3.51. The molecule has 0 fully saturated rings. The van der Waals surface area contributed by atoms with E-state index in [2.05, 4.69) is 21.2 Å². The Bertz CT molecular complexity index is 614. The molecular formula is C16H20BrClN2O3. The van der Waals surface area contributed by atoms with Crippen LogP contribution in [0, 0.1) is 0 Å². The van der Waals surface area contributed by atoms with Crippen LogP contribution in [0.5, 0.6) is 5.75 Å². The second-order valence-electron chi connectivity index (χ2n) is 5.03. The molecule has 0 radical (unpaired) electrons. The number of nitrogens with one attached hydrogen (secondary N) is 1. The summed E-state index contributed by atoms with van der Waals surface area (Å²) >= 11 is 3.36. The SMILES string of the molecule is CC(N)CCNC(=O)c1ccc(COc2ccc(Br)cc2)o1.Cl. The summed E-state index contributed by atoms with van der Waals surface area (Å²) in [5.74, 6) is 1.37. The minimum atomic E-state index is -0.240. The number of carbonyl (C=O) groups is 1. The van der Waals surface area contributed by atoms with Gasteiger partial charge in [-0.1, -0.05) is 15.9 Å². The molecule has 0 spiro atoms. The van der Waals surface area contributed by atoms with Gasteiger partial charge in [0.05, 0.1) is 0 Å². The third-order valence-corrected chi connectivity index (χ3v) is 3.49. The molecule has 1 unspecified atom stereocenters.